The summed E-state index contributed by atoms with van der Waals surface area (Å²) in [6.07, 6.45) is 1.96. The summed E-state index contributed by atoms with van der Waals surface area (Å²) in [6.45, 7) is 4.47. The summed E-state index contributed by atoms with van der Waals surface area (Å²) in [5, 5.41) is 0.174. The Morgan fingerprint density at radius 2 is 2.24 bits per heavy atom. The minimum atomic E-state index is -0.376. The maximum absolute atomic E-state index is 13.0. The van der Waals surface area contributed by atoms with E-state index in [9.17, 15) is 4.39 Å². The summed E-state index contributed by atoms with van der Waals surface area (Å²) in [5.41, 5.74) is 4.24. The molecule has 2 rings (SSSR count). The molecule has 1 aromatic rings. The number of benzene rings is 1. The predicted molar refractivity (Wildman–Crippen MR) is 68.1 cm³/mol. The average Bonchev–Trinajstić information content (AvgIpc) is 2.89. The van der Waals surface area contributed by atoms with Gasteiger partial charge in [0, 0.05) is 6.04 Å². The minimum Gasteiger partial charge on any atom is -0.271 e. The lowest BCUT2D eigenvalue weighted by molar-refractivity contribution is 0.408. The molecule has 4 heteroatoms. The van der Waals surface area contributed by atoms with E-state index in [0.29, 0.717) is 11.3 Å². The van der Waals surface area contributed by atoms with Crippen LogP contribution < -0.4 is 11.3 Å². The Labute approximate surface area is 106 Å². The molecular formula is C13H18ClFN2. The van der Waals surface area contributed by atoms with E-state index in [2.05, 4.69) is 19.3 Å². The Hall–Kier alpha value is -0.640. The highest BCUT2D eigenvalue weighted by Gasteiger charge is 2.49. The van der Waals surface area contributed by atoms with Gasteiger partial charge in [-0.1, -0.05) is 31.5 Å². The number of hydrazine groups is 1. The smallest absolute Gasteiger partial charge is 0.141 e. The zero-order chi connectivity index (χ0) is 12.6. The second kappa shape index (κ2) is 4.56. The number of rotatable bonds is 4. The Morgan fingerprint density at radius 3 is 2.71 bits per heavy atom. The summed E-state index contributed by atoms with van der Waals surface area (Å²) in [4.78, 5) is 0. The fourth-order valence-corrected chi connectivity index (χ4v) is 2.64. The van der Waals surface area contributed by atoms with Crippen molar-refractivity contribution in [3.8, 4) is 0 Å². The third kappa shape index (κ3) is 2.79. The van der Waals surface area contributed by atoms with Gasteiger partial charge in [0.25, 0.3) is 0 Å². The maximum Gasteiger partial charge on any atom is 0.141 e. The zero-order valence-electron chi connectivity index (χ0n) is 10.1. The van der Waals surface area contributed by atoms with Crippen LogP contribution in [0.1, 0.15) is 25.8 Å². The molecule has 0 bridgehead atoms. The number of halogens is 2. The molecular weight excluding hydrogens is 239 g/mol. The summed E-state index contributed by atoms with van der Waals surface area (Å²) in [5.74, 6) is 5.80. The van der Waals surface area contributed by atoms with Crippen molar-refractivity contribution in [2.24, 2.45) is 17.2 Å². The molecule has 1 saturated carbocycles. The van der Waals surface area contributed by atoms with Crippen LogP contribution in [0, 0.1) is 17.2 Å². The molecule has 0 heterocycles. The molecule has 1 fully saturated rings. The van der Waals surface area contributed by atoms with Crippen LogP contribution in [0.25, 0.3) is 0 Å². The highest BCUT2D eigenvalue weighted by Crippen LogP contribution is 2.53. The SMILES string of the molecule is CC1(C)CC1C(Cc1ccc(F)c(Cl)c1)NN. The van der Waals surface area contributed by atoms with Gasteiger partial charge >= 0.3 is 0 Å². The van der Waals surface area contributed by atoms with Gasteiger partial charge in [-0.25, -0.2) is 4.39 Å². The van der Waals surface area contributed by atoms with E-state index >= 15 is 0 Å². The molecule has 17 heavy (non-hydrogen) atoms. The molecule has 0 amide bonds. The number of nitrogens with one attached hydrogen (secondary N) is 1. The third-order valence-electron chi connectivity index (χ3n) is 3.73. The quantitative estimate of drug-likeness (QED) is 0.642. The van der Waals surface area contributed by atoms with E-state index in [1.54, 1.807) is 12.1 Å². The van der Waals surface area contributed by atoms with E-state index in [1.807, 2.05) is 0 Å². The first kappa shape index (κ1) is 12.8. The van der Waals surface area contributed by atoms with Gasteiger partial charge in [0.2, 0.25) is 0 Å². The first-order valence-corrected chi connectivity index (χ1v) is 6.22. The fourth-order valence-electron chi connectivity index (χ4n) is 2.43. The van der Waals surface area contributed by atoms with Gasteiger partial charge in [0.1, 0.15) is 5.82 Å². The highest BCUT2D eigenvalue weighted by atomic mass is 35.5. The lowest BCUT2D eigenvalue weighted by Gasteiger charge is -2.18. The molecule has 94 valence electrons. The van der Waals surface area contributed by atoms with Crippen LogP contribution in [0.2, 0.25) is 5.02 Å². The molecule has 2 nitrogen and oxygen atoms in total. The van der Waals surface area contributed by atoms with Gasteiger partial charge in [0.05, 0.1) is 5.02 Å². The van der Waals surface area contributed by atoms with Crippen molar-refractivity contribution >= 4 is 11.6 Å². The standard InChI is InChI=1S/C13H18ClFN2/c1-13(2)7-9(13)12(17-16)6-8-3-4-11(15)10(14)5-8/h3-5,9,12,17H,6-7,16H2,1-2H3. The molecule has 0 saturated heterocycles. The molecule has 1 aromatic carbocycles. The second-order valence-corrected chi connectivity index (χ2v) is 5.93. The maximum atomic E-state index is 13.0. The van der Waals surface area contributed by atoms with Crippen LogP contribution in [-0.2, 0) is 6.42 Å². The van der Waals surface area contributed by atoms with Gasteiger partial charge in [-0.2, -0.15) is 0 Å². The lowest BCUT2D eigenvalue weighted by Crippen LogP contribution is -2.39. The van der Waals surface area contributed by atoms with Crippen molar-refractivity contribution in [2.45, 2.75) is 32.7 Å². The van der Waals surface area contributed by atoms with E-state index in [1.165, 1.54) is 12.5 Å². The molecule has 3 N–H and O–H groups in total. The molecule has 0 spiro atoms. The number of hydrogen-bond acceptors (Lipinski definition) is 2. The predicted octanol–water partition coefficient (Wildman–Crippen LogP) is 2.90. The van der Waals surface area contributed by atoms with Crippen molar-refractivity contribution < 1.29 is 4.39 Å². The molecule has 0 radical (unpaired) electrons. The third-order valence-corrected chi connectivity index (χ3v) is 4.02. The molecule has 1 aliphatic carbocycles. The molecule has 2 atom stereocenters. The van der Waals surface area contributed by atoms with Crippen LogP contribution in [0.3, 0.4) is 0 Å². The largest absolute Gasteiger partial charge is 0.271 e. The Balaban J connectivity index is 2.06. The Kier molecular flexibility index (Phi) is 3.43. The monoisotopic (exact) mass is 256 g/mol. The zero-order valence-corrected chi connectivity index (χ0v) is 10.9. The van der Waals surface area contributed by atoms with Crippen LogP contribution in [-0.4, -0.2) is 6.04 Å². The van der Waals surface area contributed by atoms with Crippen LogP contribution in [0.5, 0.6) is 0 Å². The van der Waals surface area contributed by atoms with Crippen LogP contribution in [0.4, 0.5) is 4.39 Å². The first-order valence-electron chi connectivity index (χ1n) is 5.84. The van der Waals surface area contributed by atoms with Crippen molar-refractivity contribution in [3.05, 3.63) is 34.6 Å². The van der Waals surface area contributed by atoms with Crippen LogP contribution in [0.15, 0.2) is 18.2 Å². The van der Waals surface area contributed by atoms with Gasteiger partial charge in [-0.3, -0.25) is 11.3 Å². The van der Waals surface area contributed by atoms with Crippen molar-refractivity contribution in [3.63, 3.8) is 0 Å². The van der Waals surface area contributed by atoms with E-state index in [0.717, 1.165) is 12.0 Å². The van der Waals surface area contributed by atoms with E-state index in [4.69, 9.17) is 17.4 Å². The van der Waals surface area contributed by atoms with E-state index in [-0.39, 0.29) is 16.9 Å². The summed E-state index contributed by atoms with van der Waals surface area (Å²) in [7, 11) is 0. The van der Waals surface area contributed by atoms with E-state index < -0.39 is 0 Å². The highest BCUT2D eigenvalue weighted by molar-refractivity contribution is 6.30. The van der Waals surface area contributed by atoms with Gasteiger partial charge in [-0.05, 0) is 41.9 Å². The number of hydrogen-bond donors (Lipinski definition) is 2. The summed E-state index contributed by atoms with van der Waals surface area (Å²) in [6, 6.07) is 5.08. The minimum absolute atomic E-state index is 0.174. The molecule has 2 unspecified atom stereocenters. The Bertz CT molecular complexity index is 420. The van der Waals surface area contributed by atoms with Gasteiger partial charge < -0.3 is 0 Å². The van der Waals surface area contributed by atoms with Crippen LogP contribution >= 0.6 is 11.6 Å². The van der Waals surface area contributed by atoms with Crippen molar-refractivity contribution in [2.75, 3.05) is 0 Å². The normalized spacial score (nSPS) is 23.5. The van der Waals surface area contributed by atoms with Crippen molar-refractivity contribution in [1.29, 1.82) is 0 Å². The van der Waals surface area contributed by atoms with Gasteiger partial charge in [0.15, 0.2) is 0 Å². The van der Waals surface area contributed by atoms with Crippen molar-refractivity contribution in [1.82, 2.24) is 5.43 Å². The Morgan fingerprint density at radius 1 is 1.59 bits per heavy atom. The molecule has 0 aromatic heterocycles. The first-order chi connectivity index (χ1) is 7.94. The number of nitrogens with two attached hydrogens (primary N) is 1. The fraction of sp³-hybridized carbons (Fsp3) is 0.538. The van der Waals surface area contributed by atoms with Gasteiger partial charge in [-0.15, -0.1) is 0 Å². The topological polar surface area (TPSA) is 38.0 Å². The summed E-state index contributed by atoms with van der Waals surface area (Å²) >= 11 is 5.77. The molecule has 1 aliphatic rings. The second-order valence-electron chi connectivity index (χ2n) is 5.52. The summed E-state index contributed by atoms with van der Waals surface area (Å²) < 4.78 is 13.0. The molecule has 0 aliphatic heterocycles. The average molecular weight is 257 g/mol. The lowest BCUT2D eigenvalue weighted by atomic mass is 9.98.